The first-order valence-corrected chi connectivity index (χ1v) is 9.55. The summed E-state index contributed by atoms with van der Waals surface area (Å²) < 4.78 is 2.04. The van der Waals surface area contributed by atoms with Gasteiger partial charge in [0.15, 0.2) is 5.16 Å². The summed E-state index contributed by atoms with van der Waals surface area (Å²) in [4.78, 5) is 12.3. The van der Waals surface area contributed by atoms with Crippen molar-refractivity contribution in [1.29, 1.82) is 5.26 Å². The van der Waals surface area contributed by atoms with Crippen LogP contribution < -0.4 is 5.32 Å². The zero-order valence-electron chi connectivity index (χ0n) is 13.8. The summed E-state index contributed by atoms with van der Waals surface area (Å²) in [5.74, 6) is 1.65. The van der Waals surface area contributed by atoms with Gasteiger partial charge in [0.05, 0.1) is 11.8 Å². The molecule has 0 spiro atoms. The lowest BCUT2D eigenvalue weighted by Crippen LogP contribution is -2.49. The van der Waals surface area contributed by atoms with Gasteiger partial charge in [0.25, 0.3) is 0 Å². The second-order valence-electron chi connectivity index (χ2n) is 6.61. The molecule has 6 nitrogen and oxygen atoms in total. The van der Waals surface area contributed by atoms with Crippen LogP contribution in [0.3, 0.4) is 0 Å². The Morgan fingerprint density at radius 3 is 2.79 bits per heavy atom. The molecule has 3 rings (SSSR count). The first-order chi connectivity index (χ1) is 11.7. The first-order valence-electron chi connectivity index (χ1n) is 8.56. The Balaban J connectivity index is 1.60. The zero-order valence-corrected chi connectivity index (χ0v) is 14.6. The van der Waals surface area contributed by atoms with Crippen LogP contribution in [-0.4, -0.2) is 32.0 Å². The molecule has 1 amide bonds. The maximum atomic E-state index is 12.3. The van der Waals surface area contributed by atoms with Crippen LogP contribution >= 0.6 is 11.8 Å². The highest BCUT2D eigenvalue weighted by Gasteiger charge is 2.34. The number of thioether (sulfide) groups is 1. The number of carbonyl (C=O) groups is 1. The van der Waals surface area contributed by atoms with Crippen molar-refractivity contribution in [2.45, 2.75) is 68.1 Å². The number of carbonyl (C=O) groups excluding carboxylic acids is 1. The van der Waals surface area contributed by atoms with Gasteiger partial charge in [0.2, 0.25) is 5.91 Å². The topological polar surface area (TPSA) is 83.6 Å². The third-order valence-corrected chi connectivity index (χ3v) is 5.60. The summed E-state index contributed by atoms with van der Waals surface area (Å²) in [6, 6.07) is 2.32. The Morgan fingerprint density at radius 1 is 1.42 bits per heavy atom. The van der Waals surface area contributed by atoms with Gasteiger partial charge in [-0.2, -0.15) is 5.26 Å². The van der Waals surface area contributed by atoms with Crippen LogP contribution in [0.25, 0.3) is 0 Å². The van der Waals surface area contributed by atoms with E-state index in [1.54, 1.807) is 0 Å². The minimum atomic E-state index is -0.677. The van der Waals surface area contributed by atoms with E-state index in [-0.39, 0.29) is 11.7 Å². The molecule has 0 saturated heterocycles. The van der Waals surface area contributed by atoms with Crippen molar-refractivity contribution in [1.82, 2.24) is 20.1 Å². The predicted octanol–water partition coefficient (Wildman–Crippen LogP) is 2.78. The van der Waals surface area contributed by atoms with Gasteiger partial charge >= 0.3 is 0 Å². The van der Waals surface area contributed by atoms with E-state index in [1.165, 1.54) is 11.8 Å². The first kappa shape index (κ1) is 17.0. The molecular weight excluding hydrogens is 322 g/mol. The monoisotopic (exact) mass is 345 g/mol. The molecule has 2 aliphatic carbocycles. The lowest BCUT2D eigenvalue weighted by Gasteiger charge is -2.31. The fourth-order valence-corrected chi connectivity index (χ4v) is 3.96. The lowest BCUT2D eigenvalue weighted by atomic mass is 9.83. The van der Waals surface area contributed by atoms with E-state index < -0.39 is 5.54 Å². The highest BCUT2D eigenvalue weighted by atomic mass is 32.2. The number of allylic oxidation sites excluding steroid dienone is 1. The van der Waals surface area contributed by atoms with Gasteiger partial charge in [0, 0.05) is 12.5 Å². The van der Waals surface area contributed by atoms with Crippen molar-refractivity contribution < 1.29 is 4.79 Å². The average Bonchev–Trinajstić information content (AvgIpc) is 3.36. The minimum absolute atomic E-state index is 0.107. The number of hydrogen-bond acceptors (Lipinski definition) is 5. The maximum absolute atomic E-state index is 12.3. The van der Waals surface area contributed by atoms with Gasteiger partial charge in [0.1, 0.15) is 11.4 Å². The fourth-order valence-electron chi connectivity index (χ4n) is 3.20. The Bertz CT molecular complexity index is 652. The van der Waals surface area contributed by atoms with E-state index in [0.717, 1.165) is 55.9 Å². The van der Waals surface area contributed by atoms with Gasteiger partial charge in [-0.3, -0.25) is 4.79 Å². The summed E-state index contributed by atoms with van der Waals surface area (Å²) in [6.45, 7) is 4.45. The van der Waals surface area contributed by atoms with Crippen molar-refractivity contribution in [3.63, 3.8) is 0 Å². The average molecular weight is 345 g/mol. The van der Waals surface area contributed by atoms with Crippen molar-refractivity contribution >= 4 is 17.7 Å². The Morgan fingerprint density at radius 2 is 2.17 bits per heavy atom. The molecule has 1 heterocycles. The minimum Gasteiger partial charge on any atom is -0.337 e. The second kappa shape index (κ2) is 7.39. The van der Waals surface area contributed by atoms with E-state index >= 15 is 0 Å². The molecule has 7 heteroatoms. The number of amides is 1. The van der Waals surface area contributed by atoms with Crippen LogP contribution in [0.2, 0.25) is 0 Å². The van der Waals surface area contributed by atoms with Gasteiger partial charge in [-0.05, 0) is 25.7 Å². The third kappa shape index (κ3) is 3.81. The van der Waals surface area contributed by atoms with E-state index in [4.69, 9.17) is 0 Å². The molecule has 2 aliphatic rings. The molecule has 128 valence electrons. The van der Waals surface area contributed by atoms with Gasteiger partial charge in [-0.1, -0.05) is 37.1 Å². The summed E-state index contributed by atoms with van der Waals surface area (Å²) in [7, 11) is 0. The maximum Gasteiger partial charge on any atom is 0.231 e. The molecule has 0 unspecified atom stereocenters. The van der Waals surface area contributed by atoms with Gasteiger partial charge < -0.3 is 9.88 Å². The van der Waals surface area contributed by atoms with Crippen LogP contribution in [-0.2, 0) is 11.3 Å². The standard InChI is InChI=1S/C17H23N5OS/c1-2-10-22-15(13-6-7-13)20-21-16(22)24-11-14(23)19-17(12-18)8-4-3-5-9-17/h2,13H,1,3-11H2,(H,19,23). The molecule has 0 aromatic carbocycles. The summed E-state index contributed by atoms with van der Waals surface area (Å²) >= 11 is 1.38. The number of aromatic nitrogens is 3. The molecule has 0 atom stereocenters. The van der Waals surface area contributed by atoms with Crippen LogP contribution in [0.1, 0.15) is 56.7 Å². The SMILES string of the molecule is C=CCn1c(SCC(=O)NC2(C#N)CCCCC2)nnc1C1CC1. The highest BCUT2D eigenvalue weighted by molar-refractivity contribution is 7.99. The smallest absolute Gasteiger partial charge is 0.231 e. The Labute approximate surface area is 146 Å². The van der Waals surface area contributed by atoms with Crippen molar-refractivity contribution in [3.05, 3.63) is 18.5 Å². The molecule has 24 heavy (non-hydrogen) atoms. The molecule has 2 fully saturated rings. The molecule has 0 bridgehead atoms. The molecule has 1 N–H and O–H groups in total. The zero-order chi connectivity index (χ0) is 17.0. The molecule has 0 aliphatic heterocycles. The third-order valence-electron chi connectivity index (χ3n) is 4.63. The normalized spacial score (nSPS) is 19.5. The predicted molar refractivity (Wildman–Crippen MR) is 92.5 cm³/mol. The van der Waals surface area contributed by atoms with Gasteiger partial charge in [-0.15, -0.1) is 16.8 Å². The number of rotatable bonds is 7. The molecule has 1 aromatic heterocycles. The molecule has 1 aromatic rings. The number of nitrogens with one attached hydrogen (secondary N) is 1. The van der Waals surface area contributed by atoms with Crippen molar-refractivity contribution in [2.24, 2.45) is 0 Å². The largest absolute Gasteiger partial charge is 0.337 e. The fraction of sp³-hybridized carbons (Fsp3) is 0.647. The Hall–Kier alpha value is -1.81. The van der Waals surface area contributed by atoms with Gasteiger partial charge in [-0.25, -0.2) is 0 Å². The second-order valence-corrected chi connectivity index (χ2v) is 7.55. The number of hydrogen-bond donors (Lipinski definition) is 1. The molecular formula is C17H23N5OS. The van der Waals surface area contributed by atoms with Crippen LogP contribution in [0.15, 0.2) is 17.8 Å². The van der Waals surface area contributed by atoms with E-state index in [0.29, 0.717) is 12.5 Å². The summed E-state index contributed by atoms with van der Waals surface area (Å²) in [5, 5.41) is 21.7. The van der Waals surface area contributed by atoms with Crippen molar-refractivity contribution in [2.75, 3.05) is 5.75 Å². The van der Waals surface area contributed by atoms with Crippen LogP contribution in [0, 0.1) is 11.3 Å². The summed E-state index contributed by atoms with van der Waals surface area (Å²) in [5.41, 5.74) is -0.677. The lowest BCUT2D eigenvalue weighted by molar-refractivity contribution is -0.120. The van der Waals surface area contributed by atoms with E-state index in [1.807, 2.05) is 10.6 Å². The molecule has 2 saturated carbocycles. The van der Waals surface area contributed by atoms with Crippen LogP contribution in [0.4, 0.5) is 0 Å². The van der Waals surface area contributed by atoms with Crippen LogP contribution in [0.5, 0.6) is 0 Å². The number of nitriles is 1. The number of nitrogens with zero attached hydrogens (tertiary/aromatic N) is 4. The molecule has 0 radical (unpaired) electrons. The quantitative estimate of drug-likeness (QED) is 0.607. The Kier molecular flexibility index (Phi) is 5.24. The van der Waals surface area contributed by atoms with E-state index in [2.05, 4.69) is 28.2 Å². The summed E-state index contributed by atoms with van der Waals surface area (Å²) in [6.07, 6.45) is 8.78. The van der Waals surface area contributed by atoms with E-state index in [9.17, 15) is 10.1 Å². The highest BCUT2D eigenvalue weighted by Crippen LogP contribution is 2.40. The van der Waals surface area contributed by atoms with Crippen molar-refractivity contribution in [3.8, 4) is 6.07 Å².